The van der Waals surface area contributed by atoms with Gasteiger partial charge in [0.1, 0.15) is 0 Å². The van der Waals surface area contributed by atoms with Crippen molar-refractivity contribution in [3.8, 4) is 0 Å². The largest absolute Gasteiger partial charge is 0.144 e. The van der Waals surface area contributed by atoms with Gasteiger partial charge in [0.15, 0.2) is 0 Å². The van der Waals surface area contributed by atoms with E-state index in [1.807, 2.05) is 0 Å². The van der Waals surface area contributed by atoms with Gasteiger partial charge in [-0.15, -0.1) is 23.5 Å². The van der Waals surface area contributed by atoms with Gasteiger partial charge in [-0.3, -0.25) is 0 Å². The standard InChI is InChI=1S/C10H20S2/c1-8(2)10(9(3)4)11-6-5-7-12-10/h8-9H,5-7H2,1-4H3. The van der Waals surface area contributed by atoms with E-state index >= 15 is 0 Å². The van der Waals surface area contributed by atoms with Gasteiger partial charge in [-0.2, -0.15) is 0 Å². The van der Waals surface area contributed by atoms with E-state index in [-0.39, 0.29) is 0 Å². The van der Waals surface area contributed by atoms with Crippen LogP contribution in [0.3, 0.4) is 0 Å². The topological polar surface area (TPSA) is 0 Å². The van der Waals surface area contributed by atoms with Crippen LogP contribution in [0.15, 0.2) is 0 Å². The summed E-state index contributed by atoms with van der Waals surface area (Å²) in [6.07, 6.45) is 1.40. The summed E-state index contributed by atoms with van der Waals surface area (Å²) in [4.78, 5) is 0. The van der Waals surface area contributed by atoms with E-state index in [9.17, 15) is 0 Å². The van der Waals surface area contributed by atoms with Crippen LogP contribution < -0.4 is 0 Å². The highest BCUT2D eigenvalue weighted by Crippen LogP contribution is 2.51. The average Bonchev–Trinajstić information content (AvgIpc) is 2.05. The van der Waals surface area contributed by atoms with Gasteiger partial charge in [-0.1, -0.05) is 27.7 Å². The molecule has 0 aliphatic carbocycles. The van der Waals surface area contributed by atoms with Gasteiger partial charge < -0.3 is 0 Å². The third-order valence-electron chi connectivity index (χ3n) is 2.55. The van der Waals surface area contributed by atoms with Gasteiger partial charge in [-0.25, -0.2) is 0 Å². The van der Waals surface area contributed by atoms with Crippen LogP contribution in [0.5, 0.6) is 0 Å². The minimum absolute atomic E-state index is 0.512. The minimum Gasteiger partial charge on any atom is -0.144 e. The number of rotatable bonds is 2. The van der Waals surface area contributed by atoms with E-state index in [1.165, 1.54) is 17.9 Å². The number of hydrogen-bond donors (Lipinski definition) is 0. The summed E-state index contributed by atoms with van der Waals surface area (Å²) in [6.45, 7) is 9.47. The highest BCUT2D eigenvalue weighted by molar-refractivity contribution is 8.18. The lowest BCUT2D eigenvalue weighted by Gasteiger charge is -2.43. The summed E-state index contributed by atoms with van der Waals surface area (Å²) in [7, 11) is 0. The molecule has 72 valence electrons. The molecule has 1 fully saturated rings. The van der Waals surface area contributed by atoms with Crippen LogP contribution in [0.2, 0.25) is 0 Å². The molecule has 0 aromatic heterocycles. The van der Waals surface area contributed by atoms with Crippen LogP contribution in [-0.2, 0) is 0 Å². The molecule has 0 N–H and O–H groups in total. The third kappa shape index (κ3) is 1.95. The van der Waals surface area contributed by atoms with Crippen LogP contribution in [-0.4, -0.2) is 15.6 Å². The molecular weight excluding hydrogens is 184 g/mol. The first-order valence-electron chi connectivity index (χ1n) is 4.87. The first-order chi connectivity index (χ1) is 5.59. The van der Waals surface area contributed by atoms with Crippen molar-refractivity contribution >= 4 is 23.5 Å². The van der Waals surface area contributed by atoms with Crippen LogP contribution >= 0.6 is 23.5 Å². The lowest BCUT2D eigenvalue weighted by molar-refractivity contribution is 0.448. The Morgan fingerprint density at radius 2 is 1.33 bits per heavy atom. The lowest BCUT2D eigenvalue weighted by atomic mass is 9.99. The van der Waals surface area contributed by atoms with Gasteiger partial charge in [0.2, 0.25) is 0 Å². The molecule has 0 aromatic rings. The van der Waals surface area contributed by atoms with E-state index in [4.69, 9.17) is 0 Å². The number of hydrogen-bond acceptors (Lipinski definition) is 2. The van der Waals surface area contributed by atoms with Crippen molar-refractivity contribution in [3.63, 3.8) is 0 Å². The maximum absolute atomic E-state index is 2.37. The molecule has 0 bridgehead atoms. The van der Waals surface area contributed by atoms with Crippen molar-refractivity contribution in [3.05, 3.63) is 0 Å². The molecule has 0 saturated carbocycles. The Kier molecular flexibility index (Phi) is 3.84. The summed E-state index contributed by atoms with van der Waals surface area (Å²) >= 11 is 4.38. The summed E-state index contributed by atoms with van der Waals surface area (Å²) in [5, 5.41) is 0. The monoisotopic (exact) mass is 204 g/mol. The average molecular weight is 204 g/mol. The molecule has 1 aliphatic rings. The SMILES string of the molecule is CC(C)C1(C(C)C)SCCCS1. The molecule has 1 aliphatic heterocycles. The summed E-state index contributed by atoms with van der Waals surface area (Å²) in [6, 6.07) is 0. The van der Waals surface area contributed by atoms with Crippen molar-refractivity contribution in [2.45, 2.75) is 38.2 Å². The lowest BCUT2D eigenvalue weighted by Crippen LogP contribution is -2.36. The van der Waals surface area contributed by atoms with Crippen LogP contribution in [0, 0.1) is 11.8 Å². The molecule has 0 radical (unpaired) electrons. The molecule has 1 heterocycles. The minimum atomic E-state index is 0.512. The highest BCUT2D eigenvalue weighted by Gasteiger charge is 2.39. The summed E-state index contributed by atoms with van der Waals surface area (Å²) < 4.78 is 0.512. The Morgan fingerprint density at radius 1 is 0.917 bits per heavy atom. The maximum atomic E-state index is 2.37. The van der Waals surface area contributed by atoms with Crippen molar-refractivity contribution < 1.29 is 0 Å². The van der Waals surface area contributed by atoms with Gasteiger partial charge in [0, 0.05) is 0 Å². The smallest absolute Gasteiger partial charge is 0.0656 e. The normalized spacial score (nSPS) is 23.5. The molecule has 0 aromatic carbocycles. The van der Waals surface area contributed by atoms with Crippen molar-refractivity contribution in [2.75, 3.05) is 11.5 Å². The molecule has 0 unspecified atom stereocenters. The second kappa shape index (κ2) is 4.28. The molecule has 0 amide bonds. The molecule has 2 heteroatoms. The van der Waals surface area contributed by atoms with E-state index in [2.05, 4.69) is 51.2 Å². The second-order valence-corrected chi connectivity index (χ2v) is 7.08. The molecule has 0 nitrogen and oxygen atoms in total. The summed E-state index contributed by atoms with van der Waals surface area (Å²) in [5.74, 6) is 4.33. The Morgan fingerprint density at radius 3 is 1.58 bits per heavy atom. The molecule has 0 spiro atoms. The van der Waals surface area contributed by atoms with E-state index in [1.54, 1.807) is 0 Å². The third-order valence-corrected chi connectivity index (χ3v) is 7.03. The molecule has 1 saturated heterocycles. The summed E-state index contributed by atoms with van der Waals surface area (Å²) in [5.41, 5.74) is 0. The Balaban J connectivity index is 2.70. The Hall–Kier alpha value is 0.700. The predicted octanol–water partition coefficient (Wildman–Crippen LogP) is 3.86. The number of thioether (sulfide) groups is 2. The highest BCUT2D eigenvalue weighted by atomic mass is 32.2. The van der Waals surface area contributed by atoms with Crippen molar-refractivity contribution in [1.82, 2.24) is 0 Å². The Bertz CT molecular complexity index is 125. The zero-order valence-electron chi connectivity index (χ0n) is 8.59. The molecule has 12 heavy (non-hydrogen) atoms. The van der Waals surface area contributed by atoms with Crippen LogP contribution in [0.1, 0.15) is 34.1 Å². The maximum Gasteiger partial charge on any atom is 0.0656 e. The second-order valence-electron chi connectivity index (χ2n) is 4.08. The van der Waals surface area contributed by atoms with Crippen LogP contribution in [0.4, 0.5) is 0 Å². The zero-order chi connectivity index (χ0) is 9.19. The van der Waals surface area contributed by atoms with Gasteiger partial charge in [0.05, 0.1) is 4.08 Å². The first-order valence-corrected chi connectivity index (χ1v) is 6.84. The quantitative estimate of drug-likeness (QED) is 0.670. The molecule has 0 atom stereocenters. The van der Waals surface area contributed by atoms with Gasteiger partial charge >= 0.3 is 0 Å². The zero-order valence-corrected chi connectivity index (χ0v) is 10.2. The van der Waals surface area contributed by atoms with Gasteiger partial charge in [0.25, 0.3) is 0 Å². The predicted molar refractivity (Wildman–Crippen MR) is 61.9 cm³/mol. The first kappa shape index (κ1) is 10.8. The van der Waals surface area contributed by atoms with E-state index in [0.717, 1.165) is 11.8 Å². The van der Waals surface area contributed by atoms with E-state index in [0.29, 0.717) is 4.08 Å². The van der Waals surface area contributed by atoms with Crippen molar-refractivity contribution in [2.24, 2.45) is 11.8 Å². The fourth-order valence-electron chi connectivity index (χ4n) is 1.90. The Labute approximate surface area is 85.3 Å². The molecular formula is C10H20S2. The fraction of sp³-hybridized carbons (Fsp3) is 1.00. The van der Waals surface area contributed by atoms with Crippen molar-refractivity contribution in [1.29, 1.82) is 0 Å². The van der Waals surface area contributed by atoms with E-state index < -0.39 is 0 Å². The van der Waals surface area contributed by atoms with Gasteiger partial charge in [-0.05, 0) is 29.8 Å². The molecule has 1 rings (SSSR count). The fourth-order valence-corrected chi connectivity index (χ4v) is 5.46. The van der Waals surface area contributed by atoms with Crippen LogP contribution in [0.25, 0.3) is 0 Å².